The Kier molecular flexibility index (Phi) is 9.18. The van der Waals surface area contributed by atoms with Crippen molar-refractivity contribution in [2.24, 2.45) is 4.99 Å². The van der Waals surface area contributed by atoms with Crippen molar-refractivity contribution in [1.82, 2.24) is 9.47 Å². The molecule has 0 N–H and O–H groups in total. The van der Waals surface area contributed by atoms with E-state index in [0.717, 1.165) is 42.0 Å². The zero-order valence-corrected chi connectivity index (χ0v) is 25.7. The summed E-state index contributed by atoms with van der Waals surface area (Å²) < 4.78 is 18.7. The number of nitrogens with zero attached hydrogens (tertiary/aromatic N) is 3. The number of likely N-dealkylation sites (tertiary alicyclic amines) is 1. The number of carbonyl (C=O) groups excluding carboxylic acids is 2. The van der Waals surface area contributed by atoms with Gasteiger partial charge in [-0.15, -0.1) is 11.8 Å². The standard InChI is InChI=1S/C31H33N3O6S2/c1-5-39-30(37)27-19(2)32-31-34(28(27)21-9-11-22(41-4)12-10-21)29(36)25(42-31)17-20-8-13-23(24(16-20)38-3)40-18-26(35)33-14-6-7-15-33/h8-13,16-17,28H,5-7,14-15,18H2,1-4H3/b25-17+/t28-/m1/s1. The zero-order valence-electron chi connectivity index (χ0n) is 24.0. The molecule has 220 valence electrons. The van der Waals surface area contributed by atoms with Gasteiger partial charge in [0.1, 0.15) is 0 Å². The van der Waals surface area contributed by atoms with E-state index < -0.39 is 12.0 Å². The van der Waals surface area contributed by atoms with Gasteiger partial charge in [0, 0.05) is 18.0 Å². The topological polar surface area (TPSA) is 99.4 Å². The second-order valence-corrected chi connectivity index (χ2v) is 11.8. The number of methoxy groups -OCH3 is 1. The van der Waals surface area contributed by atoms with Crippen molar-refractivity contribution >= 4 is 41.1 Å². The highest BCUT2D eigenvalue weighted by atomic mass is 32.2. The van der Waals surface area contributed by atoms with E-state index in [0.29, 0.717) is 32.1 Å². The highest BCUT2D eigenvalue weighted by Crippen LogP contribution is 2.32. The Hall–Kier alpha value is -3.83. The van der Waals surface area contributed by atoms with Gasteiger partial charge in [-0.3, -0.25) is 14.2 Å². The number of esters is 1. The van der Waals surface area contributed by atoms with Gasteiger partial charge in [0.15, 0.2) is 22.9 Å². The van der Waals surface area contributed by atoms with Crippen LogP contribution in [-0.2, 0) is 14.3 Å². The molecule has 0 bridgehead atoms. The van der Waals surface area contributed by atoms with Crippen LogP contribution in [0.2, 0.25) is 0 Å². The second-order valence-electron chi connectivity index (χ2n) is 9.86. The van der Waals surface area contributed by atoms with E-state index in [1.165, 1.54) is 18.4 Å². The summed E-state index contributed by atoms with van der Waals surface area (Å²) in [6, 6.07) is 12.5. The van der Waals surface area contributed by atoms with Crippen LogP contribution in [0.5, 0.6) is 11.5 Å². The number of amides is 1. The first-order valence-corrected chi connectivity index (χ1v) is 15.8. The quantitative estimate of drug-likeness (QED) is 0.271. The maximum Gasteiger partial charge on any atom is 0.338 e. The van der Waals surface area contributed by atoms with Crippen LogP contribution in [0.15, 0.2) is 68.4 Å². The molecule has 2 aliphatic heterocycles. The Bertz CT molecular complexity index is 1700. The average Bonchev–Trinajstić information content (AvgIpc) is 3.64. The highest BCUT2D eigenvalue weighted by Gasteiger charge is 2.33. The van der Waals surface area contributed by atoms with Gasteiger partial charge in [-0.1, -0.05) is 29.5 Å². The maximum absolute atomic E-state index is 13.9. The van der Waals surface area contributed by atoms with Crippen molar-refractivity contribution in [3.05, 3.63) is 84.5 Å². The molecule has 0 radical (unpaired) electrons. The normalized spacial score (nSPS) is 16.7. The van der Waals surface area contributed by atoms with Crippen molar-refractivity contribution in [2.45, 2.75) is 37.6 Å². The number of ether oxygens (including phenoxy) is 3. The first kappa shape index (κ1) is 29.7. The second kappa shape index (κ2) is 13.0. The third kappa shape index (κ3) is 6.03. The van der Waals surface area contributed by atoms with Gasteiger partial charge >= 0.3 is 5.97 Å². The van der Waals surface area contributed by atoms with Crippen LogP contribution < -0.4 is 24.4 Å². The Balaban J connectivity index is 1.51. The lowest BCUT2D eigenvalue weighted by Crippen LogP contribution is -2.39. The third-order valence-electron chi connectivity index (χ3n) is 7.24. The molecule has 1 saturated heterocycles. The SMILES string of the molecule is CCOC(=O)C1=C(C)N=c2s/c(=C/c3ccc(OCC(=O)N4CCCC4)c(OC)c3)c(=O)n2[C@@H]1c1ccc(SC)cc1. The smallest absolute Gasteiger partial charge is 0.338 e. The van der Waals surface area contributed by atoms with Crippen molar-refractivity contribution in [1.29, 1.82) is 0 Å². The molecular weight excluding hydrogens is 574 g/mol. The molecule has 3 aromatic rings. The molecule has 1 aromatic heterocycles. The molecule has 0 spiro atoms. The van der Waals surface area contributed by atoms with Gasteiger partial charge in [-0.05, 0) is 74.4 Å². The first-order chi connectivity index (χ1) is 20.3. The number of thioether (sulfide) groups is 1. The molecule has 42 heavy (non-hydrogen) atoms. The summed E-state index contributed by atoms with van der Waals surface area (Å²) in [5, 5.41) is 0. The van der Waals surface area contributed by atoms with Gasteiger partial charge in [0.2, 0.25) is 0 Å². The van der Waals surface area contributed by atoms with Crippen LogP contribution in [0, 0.1) is 0 Å². The van der Waals surface area contributed by atoms with Gasteiger partial charge in [0.25, 0.3) is 11.5 Å². The first-order valence-electron chi connectivity index (χ1n) is 13.8. The molecule has 3 heterocycles. The molecule has 2 aromatic carbocycles. The summed E-state index contributed by atoms with van der Waals surface area (Å²) in [6.45, 7) is 5.20. The van der Waals surface area contributed by atoms with Crippen molar-refractivity contribution < 1.29 is 23.8 Å². The van der Waals surface area contributed by atoms with Crippen molar-refractivity contribution in [3.8, 4) is 11.5 Å². The summed E-state index contributed by atoms with van der Waals surface area (Å²) in [4.78, 5) is 47.4. The summed E-state index contributed by atoms with van der Waals surface area (Å²) in [5.74, 6) is 0.371. The number of hydrogen-bond donors (Lipinski definition) is 0. The van der Waals surface area contributed by atoms with Crippen LogP contribution in [0.4, 0.5) is 0 Å². The summed E-state index contributed by atoms with van der Waals surface area (Å²) in [6.07, 6.45) is 5.80. The lowest BCUT2D eigenvalue weighted by Gasteiger charge is -2.24. The highest BCUT2D eigenvalue weighted by molar-refractivity contribution is 7.98. The largest absolute Gasteiger partial charge is 0.493 e. The lowest BCUT2D eigenvalue weighted by atomic mass is 9.96. The van der Waals surface area contributed by atoms with Crippen LogP contribution in [-0.4, -0.2) is 61.0 Å². The number of hydrogen-bond acceptors (Lipinski definition) is 9. The molecule has 2 aliphatic rings. The number of fused-ring (bicyclic) bond motifs is 1. The van der Waals surface area contributed by atoms with E-state index in [4.69, 9.17) is 14.2 Å². The minimum absolute atomic E-state index is 0.0464. The molecule has 0 unspecified atom stereocenters. The van der Waals surface area contributed by atoms with Gasteiger partial charge < -0.3 is 19.1 Å². The maximum atomic E-state index is 13.9. The van der Waals surface area contributed by atoms with Crippen LogP contribution >= 0.6 is 23.1 Å². The Morgan fingerprint density at radius 2 is 1.86 bits per heavy atom. The monoisotopic (exact) mass is 607 g/mol. The predicted molar refractivity (Wildman–Crippen MR) is 163 cm³/mol. The molecule has 11 heteroatoms. The fourth-order valence-electron chi connectivity index (χ4n) is 5.14. The number of benzene rings is 2. The Morgan fingerprint density at radius 3 is 2.52 bits per heavy atom. The molecule has 0 aliphatic carbocycles. The number of thiazole rings is 1. The van der Waals surface area contributed by atoms with E-state index in [1.54, 1.807) is 53.3 Å². The minimum Gasteiger partial charge on any atom is -0.493 e. The third-order valence-corrected chi connectivity index (χ3v) is 8.97. The average molecular weight is 608 g/mol. The van der Waals surface area contributed by atoms with Crippen molar-refractivity contribution in [2.75, 3.05) is 39.7 Å². The van der Waals surface area contributed by atoms with Crippen LogP contribution in [0.1, 0.15) is 43.9 Å². The van der Waals surface area contributed by atoms with Gasteiger partial charge in [-0.2, -0.15) is 0 Å². The van der Waals surface area contributed by atoms with Crippen molar-refractivity contribution in [3.63, 3.8) is 0 Å². The number of aromatic nitrogens is 1. The number of rotatable bonds is 9. The van der Waals surface area contributed by atoms with Gasteiger partial charge in [-0.25, -0.2) is 9.79 Å². The predicted octanol–water partition coefficient (Wildman–Crippen LogP) is 3.53. The number of carbonyl (C=O) groups is 2. The molecule has 0 saturated carbocycles. The molecule has 5 rings (SSSR count). The molecule has 1 amide bonds. The van der Waals surface area contributed by atoms with E-state index in [9.17, 15) is 14.4 Å². The molecule has 9 nitrogen and oxygen atoms in total. The Morgan fingerprint density at radius 1 is 1.12 bits per heavy atom. The number of allylic oxidation sites excluding steroid dienone is 1. The summed E-state index contributed by atoms with van der Waals surface area (Å²) in [5.41, 5.74) is 2.12. The summed E-state index contributed by atoms with van der Waals surface area (Å²) in [7, 11) is 1.53. The zero-order chi connectivity index (χ0) is 29.8. The van der Waals surface area contributed by atoms with E-state index >= 15 is 0 Å². The lowest BCUT2D eigenvalue weighted by molar-refractivity contribution is -0.139. The molecular formula is C31H33N3O6S2. The fraction of sp³-hybridized carbons (Fsp3) is 0.355. The van der Waals surface area contributed by atoms with Gasteiger partial charge in [0.05, 0.1) is 35.6 Å². The van der Waals surface area contributed by atoms with E-state index in [1.807, 2.05) is 36.6 Å². The Labute approximate surface area is 252 Å². The summed E-state index contributed by atoms with van der Waals surface area (Å²) >= 11 is 2.87. The molecule has 1 fully saturated rings. The van der Waals surface area contributed by atoms with E-state index in [-0.39, 0.29) is 24.7 Å². The van der Waals surface area contributed by atoms with Crippen LogP contribution in [0.25, 0.3) is 6.08 Å². The van der Waals surface area contributed by atoms with E-state index in [2.05, 4.69) is 4.99 Å². The fourth-order valence-corrected chi connectivity index (χ4v) is 6.59. The minimum atomic E-state index is -0.670. The molecule has 1 atom stereocenters. The van der Waals surface area contributed by atoms with Crippen LogP contribution in [0.3, 0.4) is 0 Å².